The van der Waals surface area contributed by atoms with Crippen LogP contribution in [0.15, 0.2) is 71.4 Å². The molecule has 0 unspecified atom stereocenters. The Morgan fingerprint density at radius 1 is 1.15 bits per heavy atom. The molecule has 10 nitrogen and oxygen atoms in total. The summed E-state index contributed by atoms with van der Waals surface area (Å²) in [6.45, 7) is 3.86. The predicted octanol–water partition coefficient (Wildman–Crippen LogP) is 5.21. The number of amidine groups is 1. The third-order valence-corrected chi connectivity index (χ3v) is 6.59. The van der Waals surface area contributed by atoms with Gasteiger partial charge in [0.1, 0.15) is 17.5 Å². The highest BCUT2D eigenvalue weighted by Gasteiger charge is 2.32. The molecule has 3 aromatic rings. The van der Waals surface area contributed by atoms with E-state index in [0.29, 0.717) is 16.6 Å². The minimum Gasteiger partial charge on any atom is -0.497 e. The molecule has 0 bridgehead atoms. The van der Waals surface area contributed by atoms with Gasteiger partial charge in [-0.05, 0) is 66.9 Å². The first-order valence-corrected chi connectivity index (χ1v) is 12.7. The van der Waals surface area contributed by atoms with Crippen LogP contribution in [0.5, 0.6) is 5.75 Å². The molecule has 1 aliphatic heterocycles. The van der Waals surface area contributed by atoms with Gasteiger partial charge in [0.05, 0.1) is 34.7 Å². The Bertz CT molecular complexity index is 1550. The van der Waals surface area contributed by atoms with Crippen LogP contribution < -0.4 is 15.0 Å². The lowest BCUT2D eigenvalue weighted by atomic mass is 10.1. The van der Waals surface area contributed by atoms with Crippen molar-refractivity contribution in [2.24, 2.45) is 4.99 Å². The van der Waals surface area contributed by atoms with E-state index < -0.39 is 10.8 Å². The Hall–Kier alpha value is -4.95. The second kappa shape index (κ2) is 11.6. The number of nitro groups is 1. The summed E-state index contributed by atoms with van der Waals surface area (Å²) in [6, 6.07) is 18.4. The number of hydrogen-bond donors (Lipinski definition) is 1. The lowest BCUT2D eigenvalue weighted by Crippen LogP contribution is -2.31. The van der Waals surface area contributed by atoms with Gasteiger partial charge in [-0.25, -0.2) is 4.99 Å². The third kappa shape index (κ3) is 6.31. The van der Waals surface area contributed by atoms with Gasteiger partial charge in [-0.2, -0.15) is 5.26 Å². The molecule has 196 valence electrons. The van der Waals surface area contributed by atoms with Crippen molar-refractivity contribution < 1.29 is 19.2 Å². The number of nitro benzene ring substituents is 1. The van der Waals surface area contributed by atoms with Gasteiger partial charge >= 0.3 is 0 Å². The summed E-state index contributed by atoms with van der Waals surface area (Å²) in [5.41, 5.74) is 3.41. The van der Waals surface area contributed by atoms with E-state index in [2.05, 4.69) is 10.3 Å². The number of rotatable bonds is 7. The SMILES string of the molecule is COc1ccc(/C=C2/N=C(SCC(=O)Nc3ccc([N+](=O)[O-])cc3C#N)N(c3cc(C)cc(C)c3)C2=O)cc1. The Labute approximate surface area is 228 Å². The summed E-state index contributed by atoms with van der Waals surface area (Å²) < 4.78 is 5.19. The molecule has 3 aromatic carbocycles. The number of ether oxygens (including phenoxy) is 1. The van der Waals surface area contributed by atoms with Crippen molar-refractivity contribution in [2.45, 2.75) is 13.8 Å². The van der Waals surface area contributed by atoms with Crippen molar-refractivity contribution in [2.75, 3.05) is 23.1 Å². The van der Waals surface area contributed by atoms with Crippen LogP contribution in [0.2, 0.25) is 0 Å². The maximum Gasteiger partial charge on any atom is 0.283 e. The van der Waals surface area contributed by atoms with E-state index in [1.54, 1.807) is 25.3 Å². The molecule has 1 aliphatic rings. The van der Waals surface area contributed by atoms with Gasteiger partial charge < -0.3 is 10.1 Å². The zero-order valence-corrected chi connectivity index (χ0v) is 22.1. The van der Waals surface area contributed by atoms with Crippen molar-refractivity contribution >= 4 is 51.9 Å². The summed E-state index contributed by atoms with van der Waals surface area (Å²) in [5.74, 6) is -0.232. The maximum absolute atomic E-state index is 13.5. The largest absolute Gasteiger partial charge is 0.497 e. The number of benzene rings is 3. The second-order valence-electron chi connectivity index (χ2n) is 8.62. The molecule has 2 amide bonds. The standard InChI is InChI=1S/C28H23N5O5S/c1-17-10-18(2)12-22(11-17)32-27(35)25(13-19-4-7-23(38-3)8-5-19)31-28(32)39-16-26(34)30-24-9-6-21(33(36)37)14-20(24)15-29/h4-14H,16H2,1-3H3,(H,30,34)/b25-13+. The number of hydrogen-bond acceptors (Lipinski definition) is 8. The molecule has 11 heteroatoms. The molecule has 0 spiro atoms. The summed E-state index contributed by atoms with van der Waals surface area (Å²) in [5, 5.41) is 23.3. The molecule has 4 rings (SSSR count). The molecular formula is C28H23N5O5S. The third-order valence-electron chi connectivity index (χ3n) is 5.65. The molecule has 0 fully saturated rings. The zero-order valence-electron chi connectivity index (χ0n) is 21.3. The topological polar surface area (TPSA) is 138 Å². The number of nitriles is 1. The van der Waals surface area contributed by atoms with Gasteiger partial charge in [-0.15, -0.1) is 0 Å². The van der Waals surface area contributed by atoms with Gasteiger partial charge in [-0.3, -0.25) is 24.6 Å². The van der Waals surface area contributed by atoms with Crippen molar-refractivity contribution in [3.05, 3.63) is 98.7 Å². The lowest BCUT2D eigenvalue weighted by Gasteiger charge is -2.19. The van der Waals surface area contributed by atoms with Gasteiger partial charge in [0.15, 0.2) is 5.17 Å². The van der Waals surface area contributed by atoms with Crippen LogP contribution in [0, 0.1) is 35.3 Å². The maximum atomic E-state index is 13.5. The molecular weight excluding hydrogens is 518 g/mol. The van der Waals surface area contributed by atoms with E-state index in [-0.39, 0.29) is 34.3 Å². The highest BCUT2D eigenvalue weighted by atomic mass is 32.2. The number of amides is 2. The quantitative estimate of drug-likeness (QED) is 0.246. The number of nitrogens with zero attached hydrogens (tertiary/aromatic N) is 4. The van der Waals surface area contributed by atoms with E-state index in [4.69, 9.17) is 4.74 Å². The normalized spacial score (nSPS) is 13.7. The highest BCUT2D eigenvalue weighted by molar-refractivity contribution is 8.14. The minimum atomic E-state index is -0.615. The van der Waals surface area contributed by atoms with Crippen molar-refractivity contribution in [1.29, 1.82) is 5.26 Å². The zero-order chi connectivity index (χ0) is 28.1. The minimum absolute atomic E-state index is 0.0301. The number of thioether (sulfide) groups is 1. The Morgan fingerprint density at radius 3 is 2.46 bits per heavy atom. The van der Waals surface area contributed by atoms with Crippen LogP contribution in [-0.4, -0.2) is 34.8 Å². The number of non-ortho nitro benzene ring substituents is 1. The number of aryl methyl sites for hydroxylation is 2. The van der Waals surface area contributed by atoms with Gasteiger partial charge in [-0.1, -0.05) is 30.0 Å². The summed E-state index contributed by atoms with van der Waals surface area (Å²) >= 11 is 1.06. The van der Waals surface area contributed by atoms with Crippen LogP contribution in [0.3, 0.4) is 0 Å². The van der Waals surface area contributed by atoms with Crippen LogP contribution in [0.1, 0.15) is 22.3 Å². The fourth-order valence-corrected chi connectivity index (χ4v) is 4.73. The fourth-order valence-electron chi connectivity index (χ4n) is 3.92. The Balaban J connectivity index is 1.59. The fraction of sp³-hybridized carbons (Fsp3) is 0.143. The van der Waals surface area contributed by atoms with Crippen LogP contribution >= 0.6 is 11.8 Å². The van der Waals surface area contributed by atoms with Crippen molar-refractivity contribution in [3.8, 4) is 11.8 Å². The molecule has 0 aromatic heterocycles. The highest BCUT2D eigenvalue weighted by Crippen LogP contribution is 2.31. The first kappa shape index (κ1) is 27.1. The van der Waals surface area contributed by atoms with Crippen LogP contribution in [-0.2, 0) is 9.59 Å². The van der Waals surface area contributed by atoms with Gasteiger partial charge in [0.25, 0.3) is 11.6 Å². The van der Waals surface area contributed by atoms with Gasteiger partial charge in [0.2, 0.25) is 5.91 Å². The summed E-state index contributed by atoms with van der Waals surface area (Å²) in [7, 11) is 1.57. The second-order valence-corrected chi connectivity index (χ2v) is 9.56. The number of carbonyl (C=O) groups is 2. The number of nitrogens with one attached hydrogen (secondary N) is 1. The average molecular weight is 542 g/mol. The number of aliphatic imine (C=N–C) groups is 1. The van der Waals surface area contributed by atoms with E-state index in [1.807, 2.05) is 50.2 Å². The number of anilines is 2. The van der Waals surface area contributed by atoms with Crippen LogP contribution in [0.4, 0.5) is 17.1 Å². The van der Waals surface area contributed by atoms with Crippen LogP contribution in [0.25, 0.3) is 6.08 Å². The molecule has 0 radical (unpaired) electrons. The molecule has 0 saturated heterocycles. The molecule has 1 N–H and O–H groups in total. The predicted molar refractivity (Wildman–Crippen MR) is 151 cm³/mol. The van der Waals surface area contributed by atoms with Crippen molar-refractivity contribution in [3.63, 3.8) is 0 Å². The lowest BCUT2D eigenvalue weighted by molar-refractivity contribution is -0.384. The molecule has 1 heterocycles. The smallest absolute Gasteiger partial charge is 0.283 e. The monoisotopic (exact) mass is 541 g/mol. The Kier molecular flexibility index (Phi) is 8.07. The molecule has 0 aliphatic carbocycles. The average Bonchev–Trinajstić information content (AvgIpc) is 3.22. The number of methoxy groups -OCH3 is 1. The van der Waals surface area contributed by atoms with E-state index in [0.717, 1.165) is 34.5 Å². The van der Waals surface area contributed by atoms with E-state index in [1.165, 1.54) is 17.0 Å². The Morgan fingerprint density at radius 2 is 1.85 bits per heavy atom. The molecule has 0 saturated carbocycles. The summed E-state index contributed by atoms with van der Waals surface area (Å²) in [4.78, 5) is 42.6. The molecule has 39 heavy (non-hydrogen) atoms. The first-order valence-electron chi connectivity index (χ1n) is 11.7. The molecule has 0 atom stereocenters. The first-order chi connectivity index (χ1) is 18.7. The van der Waals surface area contributed by atoms with Gasteiger partial charge in [0, 0.05) is 12.1 Å². The van der Waals surface area contributed by atoms with Crippen molar-refractivity contribution in [1.82, 2.24) is 0 Å². The summed E-state index contributed by atoms with van der Waals surface area (Å²) in [6.07, 6.45) is 1.67. The van der Waals surface area contributed by atoms with E-state index >= 15 is 0 Å². The van der Waals surface area contributed by atoms with E-state index in [9.17, 15) is 25.0 Å². The number of carbonyl (C=O) groups excluding carboxylic acids is 2.